The molecule has 0 fully saturated rings. The highest BCUT2D eigenvalue weighted by atomic mass is 19.4. The molecule has 0 rings (SSSR count). The van der Waals surface area contributed by atoms with Crippen molar-refractivity contribution in [2.75, 3.05) is 13.6 Å². The summed E-state index contributed by atoms with van der Waals surface area (Å²) in [6, 6.07) is -1.63. The van der Waals surface area contributed by atoms with Gasteiger partial charge in [0.2, 0.25) is 0 Å². The molecule has 0 aromatic carbocycles. The van der Waals surface area contributed by atoms with Gasteiger partial charge in [0.25, 0.3) is 0 Å². The largest absolute Gasteiger partial charge is 0.405 e. The zero-order valence-electron chi connectivity index (χ0n) is 8.23. The maximum Gasteiger partial charge on any atom is 0.405 e. The third-order valence-corrected chi connectivity index (χ3v) is 2.38. The quantitative estimate of drug-likeness (QED) is 0.743. The fourth-order valence-corrected chi connectivity index (χ4v) is 1.13. The average molecular weight is 198 g/mol. The predicted molar refractivity (Wildman–Crippen MR) is 46.4 cm³/mol. The predicted octanol–water partition coefficient (Wildman–Crippen LogP) is 1.61. The number of nitrogens with zero attached hydrogens (tertiary/aromatic N) is 1. The van der Waals surface area contributed by atoms with Gasteiger partial charge >= 0.3 is 6.18 Å². The third kappa shape index (κ3) is 3.52. The minimum Gasteiger partial charge on any atom is -0.329 e. The Bertz CT molecular complexity index is 147. The van der Waals surface area contributed by atoms with Gasteiger partial charge in [0, 0.05) is 12.6 Å². The van der Waals surface area contributed by atoms with Gasteiger partial charge in [-0.25, -0.2) is 0 Å². The summed E-state index contributed by atoms with van der Waals surface area (Å²) < 4.78 is 37.0. The lowest BCUT2D eigenvalue weighted by Gasteiger charge is -2.33. The highest BCUT2D eigenvalue weighted by Gasteiger charge is 2.42. The van der Waals surface area contributed by atoms with Crippen molar-refractivity contribution < 1.29 is 13.2 Å². The molecule has 0 heterocycles. The van der Waals surface area contributed by atoms with E-state index in [1.54, 1.807) is 6.92 Å². The van der Waals surface area contributed by atoms with Gasteiger partial charge in [-0.15, -0.1) is 0 Å². The van der Waals surface area contributed by atoms with Crippen molar-refractivity contribution in [1.29, 1.82) is 0 Å². The number of rotatable bonds is 4. The molecule has 0 bridgehead atoms. The van der Waals surface area contributed by atoms with Gasteiger partial charge in [-0.05, 0) is 20.4 Å². The number of alkyl halides is 3. The summed E-state index contributed by atoms with van der Waals surface area (Å²) in [5, 5.41) is 0. The van der Waals surface area contributed by atoms with E-state index >= 15 is 0 Å². The van der Waals surface area contributed by atoms with Crippen LogP contribution in [-0.2, 0) is 0 Å². The van der Waals surface area contributed by atoms with Gasteiger partial charge in [0.1, 0.15) is 6.04 Å². The summed E-state index contributed by atoms with van der Waals surface area (Å²) in [6.45, 7) is 3.23. The minimum absolute atomic E-state index is 0.102. The highest BCUT2D eigenvalue weighted by Crippen LogP contribution is 2.24. The average Bonchev–Trinajstić information content (AvgIpc) is 2.01. The molecule has 2 N–H and O–H groups in total. The van der Waals surface area contributed by atoms with E-state index in [9.17, 15) is 13.2 Å². The van der Waals surface area contributed by atoms with Gasteiger partial charge in [0.05, 0.1) is 0 Å². The van der Waals surface area contributed by atoms with E-state index < -0.39 is 12.2 Å². The first-order valence-corrected chi connectivity index (χ1v) is 4.33. The van der Waals surface area contributed by atoms with E-state index in [2.05, 4.69) is 0 Å². The molecular weight excluding hydrogens is 181 g/mol. The summed E-state index contributed by atoms with van der Waals surface area (Å²) in [6.07, 6.45) is -3.55. The smallest absolute Gasteiger partial charge is 0.329 e. The molecule has 2 unspecified atom stereocenters. The van der Waals surface area contributed by atoms with E-state index in [1.165, 1.54) is 11.9 Å². The van der Waals surface area contributed by atoms with Crippen molar-refractivity contribution in [1.82, 2.24) is 4.90 Å². The minimum atomic E-state index is -4.23. The number of hydrogen-bond acceptors (Lipinski definition) is 2. The molecule has 2 nitrogen and oxygen atoms in total. The SMILES string of the molecule is CCC(C)N(C)C(CN)C(F)(F)F. The lowest BCUT2D eigenvalue weighted by atomic mass is 10.1. The Balaban J connectivity index is 4.40. The Morgan fingerprint density at radius 3 is 2.08 bits per heavy atom. The number of halogens is 3. The van der Waals surface area contributed by atoms with E-state index in [1.807, 2.05) is 6.92 Å². The number of likely N-dealkylation sites (N-methyl/N-ethyl adjacent to an activating group) is 1. The van der Waals surface area contributed by atoms with Crippen LogP contribution in [0.2, 0.25) is 0 Å². The molecule has 0 aliphatic heterocycles. The Morgan fingerprint density at radius 1 is 1.38 bits per heavy atom. The molecule has 0 aromatic rings. The molecule has 13 heavy (non-hydrogen) atoms. The molecular formula is C8H17F3N2. The van der Waals surface area contributed by atoms with Crippen LogP contribution >= 0.6 is 0 Å². The van der Waals surface area contributed by atoms with Gasteiger partial charge in [-0.2, -0.15) is 13.2 Å². The van der Waals surface area contributed by atoms with Crippen LogP contribution in [0.4, 0.5) is 13.2 Å². The molecule has 80 valence electrons. The summed E-state index contributed by atoms with van der Waals surface area (Å²) in [5.74, 6) is 0. The molecule has 5 heteroatoms. The van der Waals surface area contributed by atoms with Crippen LogP contribution in [0.1, 0.15) is 20.3 Å². The van der Waals surface area contributed by atoms with Crippen LogP contribution in [0, 0.1) is 0 Å². The van der Waals surface area contributed by atoms with Crippen LogP contribution in [0.25, 0.3) is 0 Å². The van der Waals surface area contributed by atoms with Gasteiger partial charge in [-0.3, -0.25) is 4.90 Å². The Labute approximate surface area is 76.9 Å². The molecule has 0 aliphatic rings. The molecule has 0 aromatic heterocycles. The summed E-state index contributed by atoms with van der Waals surface area (Å²) >= 11 is 0. The molecule has 0 radical (unpaired) electrons. The molecule has 0 spiro atoms. The summed E-state index contributed by atoms with van der Waals surface area (Å²) in [5.41, 5.74) is 5.09. The molecule has 0 saturated carbocycles. The monoisotopic (exact) mass is 198 g/mol. The normalized spacial score (nSPS) is 17.5. The molecule has 0 amide bonds. The van der Waals surface area contributed by atoms with Crippen molar-refractivity contribution in [3.8, 4) is 0 Å². The fraction of sp³-hybridized carbons (Fsp3) is 1.00. The second-order valence-corrected chi connectivity index (χ2v) is 3.22. The molecule has 2 atom stereocenters. The first kappa shape index (κ1) is 12.7. The van der Waals surface area contributed by atoms with Crippen LogP contribution in [0.3, 0.4) is 0 Å². The van der Waals surface area contributed by atoms with Crippen molar-refractivity contribution >= 4 is 0 Å². The third-order valence-electron chi connectivity index (χ3n) is 2.38. The van der Waals surface area contributed by atoms with Gasteiger partial charge in [0.15, 0.2) is 0 Å². The topological polar surface area (TPSA) is 29.3 Å². The lowest BCUT2D eigenvalue weighted by molar-refractivity contribution is -0.182. The lowest BCUT2D eigenvalue weighted by Crippen LogP contribution is -2.51. The zero-order valence-corrected chi connectivity index (χ0v) is 8.23. The van der Waals surface area contributed by atoms with Gasteiger partial charge in [-0.1, -0.05) is 6.92 Å². The maximum atomic E-state index is 12.3. The Kier molecular flexibility index (Phi) is 4.70. The van der Waals surface area contributed by atoms with Crippen molar-refractivity contribution in [2.24, 2.45) is 5.73 Å². The van der Waals surface area contributed by atoms with Crippen molar-refractivity contribution in [2.45, 2.75) is 38.5 Å². The first-order chi connectivity index (χ1) is 5.84. The number of nitrogens with two attached hydrogens (primary N) is 1. The summed E-state index contributed by atoms with van der Waals surface area (Å²) in [7, 11) is 1.46. The van der Waals surface area contributed by atoms with E-state index in [-0.39, 0.29) is 12.6 Å². The van der Waals surface area contributed by atoms with E-state index in [0.717, 1.165) is 0 Å². The molecule has 0 saturated heterocycles. The molecule has 0 aliphatic carbocycles. The number of hydrogen-bond donors (Lipinski definition) is 1. The second kappa shape index (κ2) is 4.81. The van der Waals surface area contributed by atoms with E-state index in [4.69, 9.17) is 5.73 Å². The van der Waals surface area contributed by atoms with Gasteiger partial charge < -0.3 is 5.73 Å². The van der Waals surface area contributed by atoms with Crippen LogP contribution in [0.5, 0.6) is 0 Å². The van der Waals surface area contributed by atoms with Crippen molar-refractivity contribution in [3.63, 3.8) is 0 Å². The standard InChI is InChI=1S/C8H17F3N2/c1-4-6(2)13(3)7(5-12)8(9,10)11/h6-7H,4-5,12H2,1-3H3. The zero-order chi connectivity index (χ0) is 10.6. The van der Waals surface area contributed by atoms with Crippen LogP contribution in [0.15, 0.2) is 0 Å². The van der Waals surface area contributed by atoms with E-state index in [0.29, 0.717) is 6.42 Å². The maximum absolute atomic E-state index is 12.3. The van der Waals surface area contributed by atoms with Crippen LogP contribution in [-0.4, -0.2) is 36.8 Å². The summed E-state index contributed by atoms with van der Waals surface area (Å²) in [4.78, 5) is 1.28. The fourth-order valence-electron chi connectivity index (χ4n) is 1.13. The van der Waals surface area contributed by atoms with Crippen molar-refractivity contribution in [3.05, 3.63) is 0 Å². The highest BCUT2D eigenvalue weighted by molar-refractivity contribution is 4.80. The Hall–Kier alpha value is -0.290. The second-order valence-electron chi connectivity index (χ2n) is 3.22. The van der Waals surface area contributed by atoms with Crippen LogP contribution < -0.4 is 5.73 Å². The Morgan fingerprint density at radius 2 is 1.85 bits per heavy atom. The first-order valence-electron chi connectivity index (χ1n) is 4.33.